The highest BCUT2D eigenvalue weighted by Crippen LogP contribution is 2.33. The predicted molar refractivity (Wildman–Crippen MR) is 107 cm³/mol. The van der Waals surface area contributed by atoms with Gasteiger partial charge >= 0.3 is 0 Å². The number of benzene rings is 2. The van der Waals surface area contributed by atoms with Crippen molar-refractivity contribution in [3.05, 3.63) is 95.0 Å². The molecule has 1 aliphatic carbocycles. The Bertz CT molecular complexity index is 911. The molecule has 0 saturated carbocycles. The van der Waals surface area contributed by atoms with E-state index in [0.717, 1.165) is 28.5 Å². The van der Waals surface area contributed by atoms with Crippen molar-refractivity contribution in [1.29, 1.82) is 0 Å². The number of amides is 1. The van der Waals surface area contributed by atoms with Gasteiger partial charge in [-0.2, -0.15) is 0 Å². The molecule has 0 radical (unpaired) electrons. The number of nitrogens with two attached hydrogens (primary N) is 1. The first kappa shape index (κ1) is 18.2. The summed E-state index contributed by atoms with van der Waals surface area (Å²) in [7, 11) is 0. The second kappa shape index (κ2) is 8.16. The number of nitrogens with one attached hydrogen (secondary N) is 2. The van der Waals surface area contributed by atoms with Gasteiger partial charge in [0.05, 0.1) is 11.6 Å². The first-order valence-electron chi connectivity index (χ1n) is 8.36. The van der Waals surface area contributed by atoms with Crippen LogP contribution in [0.25, 0.3) is 12.2 Å². The molecule has 0 atom stereocenters. The molecule has 2 aromatic carbocycles. The normalized spacial score (nSPS) is 13.6. The summed E-state index contributed by atoms with van der Waals surface area (Å²) < 4.78 is 0. The van der Waals surface area contributed by atoms with Gasteiger partial charge < -0.3 is 11.1 Å². The maximum Gasteiger partial charge on any atom is 0.277 e. The highest BCUT2D eigenvalue weighted by atomic mass is 16.5. The van der Waals surface area contributed by atoms with Gasteiger partial charge in [0.15, 0.2) is 0 Å². The molecular weight excluding hydrogens is 340 g/mol. The number of hydrogen-bond acceptors (Lipinski definition) is 5. The first-order valence-corrected chi connectivity index (χ1v) is 8.36. The molecule has 0 aromatic heterocycles. The van der Waals surface area contributed by atoms with Crippen LogP contribution in [0.4, 0.5) is 0 Å². The molecule has 0 saturated heterocycles. The third-order valence-corrected chi connectivity index (χ3v) is 4.27. The minimum atomic E-state index is -0.747. The molecule has 3 rings (SSSR count). The zero-order chi connectivity index (χ0) is 19.2. The lowest BCUT2D eigenvalue weighted by molar-refractivity contribution is -0.124. The number of carbonyl (C=O) groups is 1. The van der Waals surface area contributed by atoms with E-state index in [2.05, 4.69) is 53.3 Å². The summed E-state index contributed by atoms with van der Waals surface area (Å²) >= 11 is 0. The SMILES string of the molecule is C=C(/N=C\C(=C/N)C(=O)NO)NC1c2ccccc2C=Cc2ccccc21. The zero-order valence-electron chi connectivity index (χ0n) is 14.6. The largest absolute Gasteiger partial charge is 0.404 e. The van der Waals surface area contributed by atoms with E-state index in [1.54, 1.807) is 0 Å². The van der Waals surface area contributed by atoms with Crippen LogP contribution in [0.2, 0.25) is 0 Å². The van der Waals surface area contributed by atoms with Crippen molar-refractivity contribution in [3.63, 3.8) is 0 Å². The lowest BCUT2D eigenvalue weighted by atomic mass is 9.94. The molecule has 0 bridgehead atoms. The van der Waals surface area contributed by atoms with E-state index in [4.69, 9.17) is 10.9 Å². The van der Waals surface area contributed by atoms with Crippen molar-refractivity contribution in [2.45, 2.75) is 6.04 Å². The van der Waals surface area contributed by atoms with Crippen molar-refractivity contribution >= 4 is 24.3 Å². The Hall–Kier alpha value is -3.64. The fraction of sp³-hybridized carbons (Fsp3) is 0.0476. The topological polar surface area (TPSA) is 99.7 Å². The number of carbonyl (C=O) groups excluding carboxylic acids is 1. The minimum Gasteiger partial charge on any atom is -0.404 e. The monoisotopic (exact) mass is 360 g/mol. The maximum absolute atomic E-state index is 11.5. The molecule has 2 aromatic rings. The van der Waals surface area contributed by atoms with Gasteiger partial charge in [0, 0.05) is 12.4 Å². The molecule has 0 fully saturated rings. The second-order valence-corrected chi connectivity index (χ2v) is 5.94. The van der Waals surface area contributed by atoms with Crippen LogP contribution in [0, 0.1) is 0 Å². The van der Waals surface area contributed by atoms with E-state index in [1.807, 2.05) is 24.3 Å². The molecule has 0 aliphatic heterocycles. The van der Waals surface area contributed by atoms with Gasteiger partial charge in [0.25, 0.3) is 5.91 Å². The van der Waals surface area contributed by atoms with Gasteiger partial charge in [-0.15, -0.1) is 0 Å². The highest BCUT2D eigenvalue weighted by Gasteiger charge is 2.21. The lowest BCUT2D eigenvalue weighted by Gasteiger charge is -2.22. The Labute approximate surface area is 157 Å². The van der Waals surface area contributed by atoms with Crippen LogP contribution in [0.5, 0.6) is 0 Å². The molecular formula is C21H20N4O2. The first-order chi connectivity index (χ1) is 13.1. The fourth-order valence-electron chi connectivity index (χ4n) is 2.95. The van der Waals surface area contributed by atoms with Gasteiger partial charge in [-0.05, 0) is 22.3 Å². The third kappa shape index (κ3) is 3.96. The number of aliphatic imine (C=N–C) groups is 1. The van der Waals surface area contributed by atoms with E-state index < -0.39 is 5.91 Å². The lowest BCUT2D eigenvalue weighted by Crippen LogP contribution is -2.24. The van der Waals surface area contributed by atoms with E-state index in [1.165, 1.54) is 11.7 Å². The summed E-state index contributed by atoms with van der Waals surface area (Å²) in [5, 5.41) is 12.0. The molecule has 5 N–H and O–H groups in total. The summed E-state index contributed by atoms with van der Waals surface area (Å²) in [5.74, 6) is -0.389. The van der Waals surface area contributed by atoms with Crippen molar-refractivity contribution in [3.8, 4) is 0 Å². The van der Waals surface area contributed by atoms with Crippen LogP contribution < -0.4 is 16.5 Å². The van der Waals surface area contributed by atoms with Crippen LogP contribution >= 0.6 is 0 Å². The third-order valence-electron chi connectivity index (χ3n) is 4.27. The van der Waals surface area contributed by atoms with Gasteiger partial charge in [-0.3, -0.25) is 10.0 Å². The Morgan fingerprint density at radius 2 is 1.63 bits per heavy atom. The fourth-order valence-corrected chi connectivity index (χ4v) is 2.95. The standard InChI is InChI=1S/C21H20N4O2/c1-14(23-13-17(12-22)21(26)25-27)24-20-18-8-4-2-6-15(18)10-11-16-7-3-5-9-19(16)20/h2-13,20,24,27H,1,22H2,(H,25,26)/b17-12+,23-13-. The molecule has 27 heavy (non-hydrogen) atoms. The Morgan fingerprint density at radius 3 is 2.15 bits per heavy atom. The van der Waals surface area contributed by atoms with Gasteiger partial charge in [0.2, 0.25) is 0 Å². The van der Waals surface area contributed by atoms with Crippen LogP contribution in [0.1, 0.15) is 28.3 Å². The molecule has 136 valence electrons. The van der Waals surface area contributed by atoms with E-state index in [-0.39, 0.29) is 11.6 Å². The second-order valence-electron chi connectivity index (χ2n) is 5.94. The molecule has 0 heterocycles. The molecule has 6 heteroatoms. The Kier molecular flexibility index (Phi) is 5.49. The summed E-state index contributed by atoms with van der Waals surface area (Å²) in [5.41, 5.74) is 11.3. The summed E-state index contributed by atoms with van der Waals surface area (Å²) in [6.45, 7) is 3.92. The van der Waals surface area contributed by atoms with Crippen molar-refractivity contribution in [2.75, 3.05) is 0 Å². The maximum atomic E-state index is 11.5. The van der Waals surface area contributed by atoms with E-state index in [0.29, 0.717) is 5.82 Å². The van der Waals surface area contributed by atoms with Crippen LogP contribution in [0.15, 0.2) is 77.7 Å². The van der Waals surface area contributed by atoms with Crippen molar-refractivity contribution < 1.29 is 10.0 Å². The van der Waals surface area contributed by atoms with Crippen LogP contribution in [-0.4, -0.2) is 17.3 Å². The average molecular weight is 360 g/mol. The number of nitrogens with zero attached hydrogens (tertiary/aromatic N) is 1. The van der Waals surface area contributed by atoms with E-state index in [9.17, 15) is 4.79 Å². The summed E-state index contributed by atoms with van der Waals surface area (Å²) in [4.78, 5) is 15.6. The molecule has 0 unspecified atom stereocenters. The Balaban J connectivity index is 1.91. The molecule has 1 amide bonds. The minimum absolute atomic E-state index is 0.0174. The van der Waals surface area contributed by atoms with Gasteiger partial charge in [-0.25, -0.2) is 10.5 Å². The van der Waals surface area contributed by atoms with Crippen molar-refractivity contribution in [1.82, 2.24) is 10.8 Å². The number of rotatable bonds is 5. The van der Waals surface area contributed by atoms with Gasteiger partial charge in [0.1, 0.15) is 5.82 Å². The van der Waals surface area contributed by atoms with E-state index >= 15 is 0 Å². The number of fused-ring (bicyclic) bond motifs is 2. The average Bonchev–Trinajstić information content (AvgIpc) is 2.86. The van der Waals surface area contributed by atoms with Crippen LogP contribution in [0.3, 0.4) is 0 Å². The smallest absolute Gasteiger partial charge is 0.277 e. The Morgan fingerprint density at radius 1 is 1.07 bits per heavy atom. The molecule has 0 spiro atoms. The summed E-state index contributed by atoms with van der Waals surface area (Å²) in [6.07, 6.45) is 6.47. The van der Waals surface area contributed by atoms with Crippen molar-refractivity contribution in [2.24, 2.45) is 10.7 Å². The van der Waals surface area contributed by atoms with Crippen LogP contribution in [-0.2, 0) is 4.79 Å². The van der Waals surface area contributed by atoms with Gasteiger partial charge in [-0.1, -0.05) is 67.3 Å². The number of hydrogen-bond donors (Lipinski definition) is 4. The zero-order valence-corrected chi connectivity index (χ0v) is 14.6. The summed E-state index contributed by atoms with van der Waals surface area (Å²) in [6, 6.07) is 16.0. The quantitative estimate of drug-likeness (QED) is 0.285. The molecule has 1 aliphatic rings. The highest BCUT2D eigenvalue weighted by molar-refractivity contribution is 6.11. The predicted octanol–water partition coefficient (Wildman–Crippen LogP) is 2.74. The number of hydroxylamine groups is 1. The molecule has 6 nitrogen and oxygen atoms in total.